The molecule has 0 aromatic heterocycles. The number of hydrogen-bond donors (Lipinski definition) is 2. The molecule has 0 radical (unpaired) electrons. The average Bonchev–Trinajstić information content (AvgIpc) is 2.45. The van der Waals surface area contributed by atoms with Gasteiger partial charge in [-0.15, -0.1) is 0 Å². The number of rotatable bonds is 6. The molecule has 1 amide bonds. The van der Waals surface area contributed by atoms with Gasteiger partial charge in [0.05, 0.1) is 0 Å². The van der Waals surface area contributed by atoms with Crippen LogP contribution in [-0.4, -0.2) is 35.4 Å². The third-order valence-corrected chi connectivity index (χ3v) is 3.29. The molecule has 2 N–H and O–H groups in total. The van der Waals surface area contributed by atoms with Crippen molar-refractivity contribution in [2.75, 3.05) is 6.54 Å². The van der Waals surface area contributed by atoms with Crippen molar-refractivity contribution in [2.45, 2.75) is 44.2 Å². The Hall–Kier alpha value is -1.60. The summed E-state index contributed by atoms with van der Waals surface area (Å²) in [5, 5.41) is 12.8. The van der Waals surface area contributed by atoms with Crippen LogP contribution in [0.2, 0.25) is 0 Å². The zero-order valence-corrected chi connectivity index (χ0v) is 15.1. The molecule has 0 heterocycles. The fourth-order valence-electron chi connectivity index (χ4n) is 1.63. The minimum atomic E-state index is -1.33. The lowest BCUT2D eigenvalue weighted by molar-refractivity contribution is -0.144. The molecular formula is C16H22BrNO5. The quantitative estimate of drug-likeness (QED) is 0.445. The van der Waals surface area contributed by atoms with Gasteiger partial charge in [0.15, 0.2) is 6.10 Å². The highest BCUT2D eigenvalue weighted by molar-refractivity contribution is 9.08. The van der Waals surface area contributed by atoms with Crippen LogP contribution in [0.4, 0.5) is 4.79 Å². The van der Waals surface area contributed by atoms with Gasteiger partial charge in [-0.3, -0.25) is 0 Å². The van der Waals surface area contributed by atoms with Gasteiger partial charge >= 0.3 is 12.1 Å². The van der Waals surface area contributed by atoms with Crippen LogP contribution in [0, 0.1) is 0 Å². The number of alkyl halides is 1. The molecule has 0 saturated heterocycles. The van der Waals surface area contributed by atoms with E-state index in [0.29, 0.717) is 11.1 Å². The topological polar surface area (TPSA) is 84.9 Å². The van der Waals surface area contributed by atoms with Gasteiger partial charge in [0, 0.05) is 23.9 Å². The standard InChI is InChI=1S/C16H22BrNO5/c1-16(2,3)23-15(21)18-9-8-12(19)14(20)22-13-7-5-4-6-11(13)10-17/h4-7,12,19H,8-10H2,1-3H3,(H,18,21)/t12-/m0/s1. The van der Waals surface area contributed by atoms with Gasteiger partial charge < -0.3 is 19.9 Å². The number of amides is 1. The summed E-state index contributed by atoms with van der Waals surface area (Å²) < 4.78 is 10.2. The molecule has 7 heteroatoms. The Morgan fingerprint density at radius 1 is 1.30 bits per heavy atom. The molecule has 1 aromatic rings. The molecule has 0 aliphatic carbocycles. The van der Waals surface area contributed by atoms with Crippen LogP contribution in [0.3, 0.4) is 0 Å². The Morgan fingerprint density at radius 3 is 2.57 bits per heavy atom. The highest BCUT2D eigenvalue weighted by Crippen LogP contribution is 2.21. The molecule has 0 bridgehead atoms. The van der Waals surface area contributed by atoms with E-state index in [-0.39, 0.29) is 13.0 Å². The molecule has 128 valence electrons. The van der Waals surface area contributed by atoms with Gasteiger partial charge in [-0.2, -0.15) is 0 Å². The van der Waals surface area contributed by atoms with E-state index < -0.39 is 23.8 Å². The van der Waals surface area contributed by atoms with Crippen molar-refractivity contribution in [1.82, 2.24) is 5.32 Å². The third kappa shape index (κ3) is 7.47. The molecule has 1 aromatic carbocycles. The Balaban J connectivity index is 2.41. The minimum absolute atomic E-state index is 0.0363. The largest absolute Gasteiger partial charge is 0.444 e. The average molecular weight is 388 g/mol. The Kier molecular flexibility index (Phi) is 7.51. The first-order valence-electron chi connectivity index (χ1n) is 7.23. The zero-order chi connectivity index (χ0) is 17.5. The first-order valence-corrected chi connectivity index (χ1v) is 8.35. The number of halogens is 1. The van der Waals surface area contributed by atoms with Crippen LogP contribution in [0.15, 0.2) is 24.3 Å². The monoisotopic (exact) mass is 387 g/mol. The molecule has 1 atom stereocenters. The first-order chi connectivity index (χ1) is 10.7. The van der Waals surface area contributed by atoms with E-state index in [2.05, 4.69) is 21.2 Å². The number of aliphatic hydroxyl groups is 1. The molecule has 6 nitrogen and oxygen atoms in total. The van der Waals surface area contributed by atoms with Crippen molar-refractivity contribution in [1.29, 1.82) is 0 Å². The molecule has 0 saturated carbocycles. The van der Waals surface area contributed by atoms with Crippen molar-refractivity contribution < 1.29 is 24.2 Å². The van der Waals surface area contributed by atoms with Crippen LogP contribution in [-0.2, 0) is 14.9 Å². The fraction of sp³-hybridized carbons (Fsp3) is 0.500. The lowest BCUT2D eigenvalue weighted by Crippen LogP contribution is -2.35. The molecule has 0 spiro atoms. The Morgan fingerprint density at radius 2 is 1.96 bits per heavy atom. The number of benzene rings is 1. The second kappa shape index (κ2) is 8.88. The number of hydrogen-bond acceptors (Lipinski definition) is 5. The maximum Gasteiger partial charge on any atom is 0.407 e. The predicted molar refractivity (Wildman–Crippen MR) is 89.6 cm³/mol. The second-order valence-corrected chi connectivity index (χ2v) is 6.46. The van der Waals surface area contributed by atoms with Gasteiger partial charge in [-0.1, -0.05) is 34.1 Å². The minimum Gasteiger partial charge on any atom is -0.444 e. The highest BCUT2D eigenvalue weighted by atomic mass is 79.9. The summed E-state index contributed by atoms with van der Waals surface area (Å²) in [6, 6.07) is 7.04. The summed E-state index contributed by atoms with van der Waals surface area (Å²) >= 11 is 3.30. The van der Waals surface area contributed by atoms with Crippen molar-refractivity contribution in [3.8, 4) is 5.75 Å². The summed E-state index contributed by atoms with van der Waals surface area (Å²) in [5.74, 6) is -0.363. The van der Waals surface area contributed by atoms with Gasteiger partial charge in [-0.25, -0.2) is 9.59 Å². The number of carbonyl (C=O) groups is 2. The molecule has 23 heavy (non-hydrogen) atoms. The Labute approximate surface area is 144 Å². The highest BCUT2D eigenvalue weighted by Gasteiger charge is 2.20. The van der Waals surface area contributed by atoms with Gasteiger partial charge in [0.2, 0.25) is 0 Å². The van der Waals surface area contributed by atoms with Crippen LogP contribution < -0.4 is 10.1 Å². The van der Waals surface area contributed by atoms with E-state index in [4.69, 9.17) is 9.47 Å². The Bertz CT molecular complexity index is 542. The van der Waals surface area contributed by atoms with Crippen molar-refractivity contribution in [2.24, 2.45) is 0 Å². The SMILES string of the molecule is CC(C)(C)OC(=O)NCC[C@H](O)C(=O)Oc1ccccc1CBr. The number of esters is 1. The molecular weight excluding hydrogens is 366 g/mol. The van der Waals surface area contributed by atoms with E-state index in [1.54, 1.807) is 32.9 Å². The van der Waals surface area contributed by atoms with Gasteiger partial charge in [-0.05, 0) is 26.8 Å². The summed E-state index contributed by atoms with van der Waals surface area (Å²) in [5.41, 5.74) is 0.209. The van der Waals surface area contributed by atoms with Crippen molar-refractivity contribution >= 4 is 28.0 Å². The van der Waals surface area contributed by atoms with Crippen molar-refractivity contribution in [3.05, 3.63) is 29.8 Å². The second-order valence-electron chi connectivity index (χ2n) is 5.90. The predicted octanol–water partition coefficient (Wildman–Crippen LogP) is 2.76. The molecule has 1 rings (SSSR count). The van der Waals surface area contributed by atoms with Gasteiger partial charge in [0.25, 0.3) is 0 Å². The number of para-hydroxylation sites is 1. The number of carbonyl (C=O) groups excluding carboxylic acids is 2. The number of aliphatic hydroxyl groups excluding tert-OH is 1. The number of ether oxygens (including phenoxy) is 2. The molecule has 0 fully saturated rings. The van der Waals surface area contributed by atoms with Crippen LogP contribution >= 0.6 is 15.9 Å². The van der Waals surface area contributed by atoms with E-state index in [1.807, 2.05) is 12.1 Å². The van der Waals surface area contributed by atoms with E-state index in [1.165, 1.54) is 0 Å². The normalized spacial score (nSPS) is 12.4. The third-order valence-electron chi connectivity index (χ3n) is 2.69. The summed E-state index contributed by atoms with van der Waals surface area (Å²) in [6.07, 6.45) is -1.88. The number of nitrogens with one attached hydrogen (secondary N) is 1. The summed E-state index contributed by atoms with van der Waals surface area (Å²) in [4.78, 5) is 23.3. The van der Waals surface area contributed by atoms with Crippen LogP contribution in [0.5, 0.6) is 5.75 Å². The molecule has 0 unspecified atom stereocenters. The van der Waals surface area contributed by atoms with E-state index in [9.17, 15) is 14.7 Å². The zero-order valence-electron chi connectivity index (χ0n) is 13.5. The molecule has 0 aliphatic heterocycles. The molecule has 0 aliphatic rings. The van der Waals surface area contributed by atoms with Crippen molar-refractivity contribution in [3.63, 3.8) is 0 Å². The smallest absolute Gasteiger partial charge is 0.407 e. The van der Waals surface area contributed by atoms with Crippen LogP contribution in [0.25, 0.3) is 0 Å². The van der Waals surface area contributed by atoms with Gasteiger partial charge in [0.1, 0.15) is 11.4 Å². The first kappa shape index (κ1) is 19.4. The van der Waals surface area contributed by atoms with E-state index in [0.717, 1.165) is 5.56 Å². The van der Waals surface area contributed by atoms with Crippen LogP contribution in [0.1, 0.15) is 32.8 Å². The lowest BCUT2D eigenvalue weighted by atomic mass is 10.2. The number of alkyl carbamates (subject to hydrolysis) is 1. The maximum absolute atomic E-state index is 11.9. The lowest BCUT2D eigenvalue weighted by Gasteiger charge is -2.20. The summed E-state index contributed by atoms with van der Waals surface area (Å²) in [7, 11) is 0. The van der Waals surface area contributed by atoms with E-state index >= 15 is 0 Å². The fourth-order valence-corrected chi connectivity index (χ4v) is 2.10. The maximum atomic E-state index is 11.9. The summed E-state index contributed by atoms with van der Waals surface area (Å²) in [6.45, 7) is 5.35.